The molecule has 0 saturated carbocycles. The number of aromatic nitrogens is 2. The largest absolute Gasteiger partial charge is 0.467 e. The number of thioether (sulfide) groups is 1. The summed E-state index contributed by atoms with van der Waals surface area (Å²) in [6.07, 6.45) is -2.70. The Morgan fingerprint density at radius 1 is 1.22 bits per heavy atom. The Morgan fingerprint density at radius 3 is 2.46 bits per heavy atom. The van der Waals surface area contributed by atoms with Crippen LogP contribution in [0, 0.1) is 11.7 Å². The second kappa shape index (κ2) is 10.1. The fourth-order valence-corrected chi connectivity index (χ4v) is 5.35. The van der Waals surface area contributed by atoms with Gasteiger partial charge in [-0.25, -0.2) is 14.4 Å². The number of nitrogens with one attached hydrogen (secondary N) is 1. The molecular weight excluding hydrogens is 516 g/mol. The van der Waals surface area contributed by atoms with E-state index in [0.717, 1.165) is 30.2 Å². The minimum absolute atomic E-state index is 0.112. The molecule has 1 aliphatic heterocycles. The van der Waals surface area contributed by atoms with Crippen LogP contribution in [0.2, 0.25) is 0 Å². The number of hydrogen-bond acceptors (Lipinski definition) is 8. The molecule has 3 rings (SSSR count). The summed E-state index contributed by atoms with van der Waals surface area (Å²) < 4.78 is 55.4. The standard InChI is InChI=1S/C23H26F4N6O3S/c1-12-21(2,32-20(28)37-22(12,3)19(35)33(4)5)14-8-13(6-7-15(14)24)31-18(34)16-9-30-17(10-29-16)36-11-23(25,26)27/h6-10,12H,11H2,1-5H3,(H2,28,32)(H,31,34)/t12-,21-,22-/m0/s1. The molecule has 0 radical (unpaired) electrons. The van der Waals surface area contributed by atoms with E-state index >= 15 is 4.39 Å². The number of benzene rings is 1. The number of nitrogens with two attached hydrogens (primary N) is 1. The topological polar surface area (TPSA) is 123 Å². The predicted octanol–water partition coefficient (Wildman–Crippen LogP) is 3.57. The smallest absolute Gasteiger partial charge is 0.422 e. The van der Waals surface area contributed by atoms with Gasteiger partial charge in [-0.3, -0.25) is 14.6 Å². The molecule has 1 aromatic heterocycles. The van der Waals surface area contributed by atoms with Crippen LogP contribution in [0.5, 0.6) is 5.88 Å². The molecule has 0 spiro atoms. The first-order valence-electron chi connectivity index (χ1n) is 11.0. The van der Waals surface area contributed by atoms with Gasteiger partial charge in [0.1, 0.15) is 16.3 Å². The highest BCUT2D eigenvalue weighted by molar-refractivity contribution is 8.15. The van der Waals surface area contributed by atoms with Crippen LogP contribution in [-0.4, -0.2) is 63.5 Å². The van der Waals surface area contributed by atoms with Crippen LogP contribution in [0.25, 0.3) is 0 Å². The number of carbonyl (C=O) groups excluding carboxylic acids is 2. The molecule has 200 valence electrons. The molecule has 2 aromatic rings. The summed E-state index contributed by atoms with van der Waals surface area (Å²) >= 11 is 1.11. The zero-order valence-electron chi connectivity index (χ0n) is 20.7. The maximum Gasteiger partial charge on any atom is 0.422 e. The van der Waals surface area contributed by atoms with Gasteiger partial charge < -0.3 is 20.7 Å². The second-order valence-electron chi connectivity index (χ2n) is 9.02. The van der Waals surface area contributed by atoms with E-state index in [1.54, 1.807) is 34.9 Å². The summed E-state index contributed by atoms with van der Waals surface area (Å²) in [5.74, 6) is -2.47. The highest BCUT2D eigenvalue weighted by Crippen LogP contribution is 2.51. The third kappa shape index (κ3) is 5.95. The highest BCUT2D eigenvalue weighted by atomic mass is 32.2. The number of ether oxygens (including phenoxy) is 1. The van der Waals surface area contributed by atoms with Crippen LogP contribution < -0.4 is 15.8 Å². The van der Waals surface area contributed by atoms with Crippen LogP contribution >= 0.6 is 11.8 Å². The van der Waals surface area contributed by atoms with Gasteiger partial charge >= 0.3 is 6.18 Å². The van der Waals surface area contributed by atoms with E-state index in [9.17, 15) is 22.8 Å². The van der Waals surface area contributed by atoms with Crippen LogP contribution in [-0.2, 0) is 10.3 Å². The molecule has 2 heterocycles. The van der Waals surface area contributed by atoms with E-state index in [4.69, 9.17) is 5.73 Å². The molecule has 0 bridgehead atoms. The van der Waals surface area contributed by atoms with Gasteiger partial charge in [0.2, 0.25) is 11.8 Å². The van der Waals surface area contributed by atoms with Gasteiger partial charge in [0.15, 0.2) is 11.8 Å². The predicted molar refractivity (Wildman–Crippen MR) is 131 cm³/mol. The SMILES string of the molecule is C[C@@H]1[C@@](C)(C(=O)N(C)C)SC(N)=N[C@]1(C)c1cc(NC(=O)c2cnc(OCC(F)(F)F)cn2)ccc1F. The Hall–Kier alpha value is -3.42. The molecule has 14 heteroatoms. The summed E-state index contributed by atoms with van der Waals surface area (Å²) in [4.78, 5) is 39.0. The quantitative estimate of drug-likeness (QED) is 0.535. The van der Waals surface area contributed by atoms with Crippen molar-refractivity contribution in [1.29, 1.82) is 0 Å². The number of carbonyl (C=O) groups is 2. The number of aliphatic imine (C=N–C) groups is 1. The van der Waals surface area contributed by atoms with Gasteiger partial charge in [-0.2, -0.15) is 13.2 Å². The number of amides is 2. The minimum Gasteiger partial charge on any atom is -0.467 e. The van der Waals surface area contributed by atoms with Gasteiger partial charge in [-0.15, -0.1) is 0 Å². The van der Waals surface area contributed by atoms with Crippen molar-refractivity contribution in [2.75, 3.05) is 26.0 Å². The van der Waals surface area contributed by atoms with Crippen molar-refractivity contribution < 1.29 is 31.9 Å². The fraction of sp³-hybridized carbons (Fsp3) is 0.435. The van der Waals surface area contributed by atoms with Crippen molar-refractivity contribution in [2.45, 2.75) is 37.2 Å². The summed E-state index contributed by atoms with van der Waals surface area (Å²) in [5, 5.41) is 2.68. The van der Waals surface area contributed by atoms with Crippen molar-refractivity contribution in [3.8, 4) is 5.88 Å². The van der Waals surface area contributed by atoms with E-state index < -0.39 is 46.6 Å². The van der Waals surface area contributed by atoms with Gasteiger partial charge in [-0.05, 0) is 32.0 Å². The lowest BCUT2D eigenvalue weighted by Gasteiger charge is -2.47. The third-order valence-corrected chi connectivity index (χ3v) is 7.43. The van der Waals surface area contributed by atoms with Gasteiger partial charge in [0, 0.05) is 31.3 Å². The minimum atomic E-state index is -4.55. The summed E-state index contributed by atoms with van der Waals surface area (Å²) in [6, 6.07) is 3.88. The maximum absolute atomic E-state index is 15.1. The number of hydrogen-bond donors (Lipinski definition) is 2. The normalized spacial score (nSPS) is 23.7. The average Bonchev–Trinajstić information content (AvgIpc) is 2.81. The zero-order chi connectivity index (χ0) is 27.8. The van der Waals surface area contributed by atoms with Gasteiger partial charge in [0.05, 0.1) is 17.9 Å². The number of alkyl halides is 3. The molecule has 1 aromatic carbocycles. The van der Waals surface area contributed by atoms with Crippen molar-refractivity contribution >= 4 is 34.4 Å². The summed E-state index contributed by atoms with van der Waals surface area (Å²) in [7, 11) is 3.24. The van der Waals surface area contributed by atoms with E-state index in [1.165, 1.54) is 17.0 Å². The molecule has 1 aliphatic rings. The molecule has 9 nitrogen and oxygen atoms in total. The van der Waals surface area contributed by atoms with Crippen molar-refractivity contribution in [3.05, 3.63) is 47.7 Å². The molecule has 0 saturated heterocycles. The summed E-state index contributed by atoms with van der Waals surface area (Å²) in [6.45, 7) is 3.63. The van der Waals surface area contributed by atoms with Crippen LogP contribution in [0.4, 0.5) is 23.2 Å². The van der Waals surface area contributed by atoms with E-state index in [1.807, 2.05) is 0 Å². The van der Waals surface area contributed by atoms with E-state index in [2.05, 4.69) is 25.0 Å². The number of halogens is 4. The first-order chi connectivity index (χ1) is 17.1. The summed E-state index contributed by atoms with van der Waals surface area (Å²) in [5.41, 5.74) is 4.94. The van der Waals surface area contributed by atoms with Crippen LogP contribution in [0.3, 0.4) is 0 Å². The van der Waals surface area contributed by atoms with Gasteiger partial charge in [0.25, 0.3) is 5.91 Å². The molecule has 37 heavy (non-hydrogen) atoms. The molecule has 0 fully saturated rings. The monoisotopic (exact) mass is 542 g/mol. The lowest BCUT2D eigenvalue weighted by molar-refractivity contribution is -0.154. The highest BCUT2D eigenvalue weighted by Gasteiger charge is 2.54. The lowest BCUT2D eigenvalue weighted by atomic mass is 9.73. The average molecular weight is 543 g/mol. The van der Waals surface area contributed by atoms with Crippen molar-refractivity contribution in [1.82, 2.24) is 14.9 Å². The number of amidine groups is 1. The second-order valence-corrected chi connectivity index (χ2v) is 10.5. The maximum atomic E-state index is 15.1. The van der Waals surface area contributed by atoms with E-state index in [0.29, 0.717) is 0 Å². The first kappa shape index (κ1) is 28.2. The first-order valence-corrected chi connectivity index (χ1v) is 11.8. The molecular formula is C23H26F4N6O3S. The Balaban J connectivity index is 1.87. The molecule has 3 N–H and O–H groups in total. The van der Waals surface area contributed by atoms with Crippen LogP contribution in [0.15, 0.2) is 35.6 Å². The molecule has 0 aliphatic carbocycles. The third-order valence-electron chi connectivity index (χ3n) is 6.17. The number of rotatable bonds is 6. The Morgan fingerprint density at radius 2 is 1.89 bits per heavy atom. The zero-order valence-corrected chi connectivity index (χ0v) is 21.5. The molecule has 0 unspecified atom stereocenters. The molecule has 2 amide bonds. The fourth-order valence-electron chi connectivity index (χ4n) is 4.01. The Kier molecular flexibility index (Phi) is 7.72. The Bertz CT molecular complexity index is 1220. The van der Waals surface area contributed by atoms with Gasteiger partial charge in [-0.1, -0.05) is 18.7 Å². The Labute approximate surface area is 214 Å². The van der Waals surface area contributed by atoms with E-state index in [-0.39, 0.29) is 28.0 Å². The van der Waals surface area contributed by atoms with Crippen molar-refractivity contribution in [2.24, 2.45) is 16.6 Å². The van der Waals surface area contributed by atoms with Crippen molar-refractivity contribution in [3.63, 3.8) is 0 Å². The number of nitrogens with zero attached hydrogens (tertiary/aromatic N) is 4. The lowest BCUT2D eigenvalue weighted by Crippen LogP contribution is -2.56. The molecule has 3 atom stereocenters. The number of anilines is 1. The van der Waals surface area contributed by atoms with Crippen LogP contribution in [0.1, 0.15) is 36.8 Å².